The van der Waals surface area contributed by atoms with Gasteiger partial charge < -0.3 is 9.80 Å². The van der Waals surface area contributed by atoms with E-state index < -0.39 is 0 Å². The Labute approximate surface area is 151 Å². The highest BCUT2D eigenvalue weighted by Crippen LogP contribution is 2.26. The first-order valence-corrected chi connectivity index (χ1v) is 8.27. The molecule has 0 aliphatic carbocycles. The fourth-order valence-electron chi connectivity index (χ4n) is 2.41. The molecule has 0 aliphatic rings. The molecule has 2 aromatic carbocycles. The number of benzene rings is 2. The van der Waals surface area contributed by atoms with E-state index in [1.54, 1.807) is 23.1 Å². The van der Waals surface area contributed by atoms with Gasteiger partial charge in [0.1, 0.15) is 6.54 Å². The summed E-state index contributed by atoms with van der Waals surface area (Å²) in [5, 5.41) is 0.818. The van der Waals surface area contributed by atoms with Crippen molar-refractivity contribution in [2.45, 2.75) is 13.8 Å². The summed E-state index contributed by atoms with van der Waals surface area (Å²) in [6.07, 6.45) is 0. The van der Waals surface area contributed by atoms with Crippen molar-refractivity contribution in [3.05, 3.63) is 58.6 Å². The minimum absolute atomic E-state index is 0.0886. The largest absolute Gasteiger partial charge is 0.311 e. The topological polar surface area (TPSA) is 40.6 Å². The maximum absolute atomic E-state index is 12.7. The van der Waals surface area contributed by atoms with Gasteiger partial charge >= 0.3 is 0 Å². The highest BCUT2D eigenvalue weighted by atomic mass is 35.5. The number of carbonyl (C=O) groups excluding carboxylic acids is 2. The number of halogens is 2. The molecule has 2 rings (SSSR count). The number of hydrogen-bond acceptors (Lipinski definition) is 2. The molecule has 0 aliphatic heterocycles. The average molecular weight is 365 g/mol. The Balaban J connectivity index is 2.26. The third kappa shape index (κ3) is 4.49. The van der Waals surface area contributed by atoms with Gasteiger partial charge in [0, 0.05) is 34.9 Å². The first kappa shape index (κ1) is 18.3. The van der Waals surface area contributed by atoms with Gasteiger partial charge in [0.25, 0.3) is 0 Å². The predicted octanol–water partition coefficient (Wildman–Crippen LogP) is 4.40. The zero-order chi connectivity index (χ0) is 17.7. The number of para-hydroxylation sites is 1. The lowest BCUT2D eigenvalue weighted by Gasteiger charge is -2.26. The lowest BCUT2D eigenvalue weighted by molar-refractivity contribution is -0.121. The van der Waals surface area contributed by atoms with Gasteiger partial charge in [-0.2, -0.15) is 0 Å². The van der Waals surface area contributed by atoms with Gasteiger partial charge in [-0.25, -0.2) is 0 Å². The summed E-state index contributed by atoms with van der Waals surface area (Å²) in [6, 6.07) is 14.1. The van der Waals surface area contributed by atoms with Crippen LogP contribution in [0.2, 0.25) is 10.0 Å². The number of nitrogens with zero attached hydrogens (tertiary/aromatic N) is 2. The first-order chi connectivity index (χ1) is 11.4. The lowest BCUT2D eigenvalue weighted by atomic mass is 10.2. The SMILES string of the molecule is CCN(C(=O)CN(C(C)=O)c1cc(Cl)cc(Cl)c1)c1ccccc1. The lowest BCUT2D eigenvalue weighted by Crippen LogP contribution is -2.42. The molecule has 0 bridgehead atoms. The number of amides is 2. The van der Waals surface area contributed by atoms with Crippen LogP contribution in [0.4, 0.5) is 11.4 Å². The monoisotopic (exact) mass is 364 g/mol. The molecule has 2 amide bonds. The van der Waals surface area contributed by atoms with Gasteiger partial charge in [-0.05, 0) is 37.3 Å². The summed E-state index contributed by atoms with van der Waals surface area (Å²) in [4.78, 5) is 27.7. The van der Waals surface area contributed by atoms with E-state index in [-0.39, 0.29) is 18.4 Å². The van der Waals surface area contributed by atoms with E-state index in [4.69, 9.17) is 23.2 Å². The Bertz CT molecular complexity index is 715. The van der Waals surface area contributed by atoms with Crippen molar-refractivity contribution in [2.75, 3.05) is 22.9 Å². The van der Waals surface area contributed by atoms with E-state index in [0.29, 0.717) is 22.3 Å². The molecule has 0 radical (unpaired) electrons. The molecule has 0 fully saturated rings. The molecule has 0 N–H and O–H groups in total. The average Bonchev–Trinajstić information content (AvgIpc) is 2.53. The van der Waals surface area contributed by atoms with Crippen molar-refractivity contribution in [2.24, 2.45) is 0 Å². The third-order valence-electron chi connectivity index (χ3n) is 3.52. The molecule has 4 nitrogen and oxygen atoms in total. The van der Waals surface area contributed by atoms with Crippen molar-refractivity contribution in [1.29, 1.82) is 0 Å². The Hall–Kier alpha value is -2.04. The molecule has 0 unspecified atom stereocenters. The molecule has 126 valence electrons. The predicted molar refractivity (Wildman–Crippen MR) is 99.0 cm³/mol. The van der Waals surface area contributed by atoms with E-state index in [9.17, 15) is 9.59 Å². The van der Waals surface area contributed by atoms with Gasteiger partial charge in [0.2, 0.25) is 11.8 Å². The van der Waals surface area contributed by atoms with E-state index in [1.807, 2.05) is 37.3 Å². The van der Waals surface area contributed by atoms with E-state index >= 15 is 0 Å². The van der Waals surface area contributed by atoms with Crippen molar-refractivity contribution < 1.29 is 9.59 Å². The third-order valence-corrected chi connectivity index (χ3v) is 3.95. The molecule has 0 aromatic heterocycles. The molecule has 0 heterocycles. The highest BCUT2D eigenvalue weighted by molar-refractivity contribution is 6.35. The normalized spacial score (nSPS) is 10.3. The zero-order valence-electron chi connectivity index (χ0n) is 13.5. The quantitative estimate of drug-likeness (QED) is 0.788. The molecule has 0 atom stereocenters. The number of rotatable bonds is 5. The fraction of sp³-hybridized carbons (Fsp3) is 0.222. The second-order valence-electron chi connectivity index (χ2n) is 5.21. The van der Waals surface area contributed by atoms with Crippen LogP contribution in [-0.4, -0.2) is 24.9 Å². The van der Waals surface area contributed by atoms with Crippen LogP contribution in [0.1, 0.15) is 13.8 Å². The Morgan fingerprint density at radius 3 is 2.00 bits per heavy atom. The Morgan fingerprint density at radius 1 is 0.917 bits per heavy atom. The standard InChI is InChI=1S/C18H18Cl2N2O2/c1-3-21(16-7-5-4-6-8-16)18(24)12-22(13(2)23)17-10-14(19)9-15(20)11-17/h4-11H,3,12H2,1-2H3. The second kappa shape index (κ2) is 8.18. The zero-order valence-corrected chi connectivity index (χ0v) is 15.0. The van der Waals surface area contributed by atoms with Crippen LogP contribution < -0.4 is 9.80 Å². The van der Waals surface area contributed by atoms with Crippen LogP contribution in [-0.2, 0) is 9.59 Å². The number of likely N-dealkylation sites (N-methyl/N-ethyl adjacent to an activating group) is 1. The van der Waals surface area contributed by atoms with Gasteiger partial charge in [-0.1, -0.05) is 41.4 Å². The minimum atomic E-state index is -0.259. The Morgan fingerprint density at radius 2 is 1.50 bits per heavy atom. The van der Waals surface area contributed by atoms with Gasteiger partial charge in [-0.15, -0.1) is 0 Å². The molecular formula is C18H18Cl2N2O2. The van der Waals surface area contributed by atoms with E-state index in [2.05, 4.69) is 0 Å². The van der Waals surface area contributed by atoms with Gasteiger partial charge in [0.15, 0.2) is 0 Å². The summed E-state index contributed by atoms with van der Waals surface area (Å²) >= 11 is 12.0. The number of hydrogen-bond donors (Lipinski definition) is 0. The summed E-state index contributed by atoms with van der Waals surface area (Å²) in [5.74, 6) is -0.444. The first-order valence-electron chi connectivity index (χ1n) is 7.52. The van der Waals surface area contributed by atoms with Crippen LogP contribution in [0.15, 0.2) is 48.5 Å². The van der Waals surface area contributed by atoms with Crippen molar-refractivity contribution in [3.63, 3.8) is 0 Å². The number of carbonyl (C=O) groups is 2. The molecule has 0 saturated carbocycles. The van der Waals surface area contributed by atoms with Crippen molar-refractivity contribution in [1.82, 2.24) is 0 Å². The maximum Gasteiger partial charge on any atom is 0.247 e. The molecular weight excluding hydrogens is 347 g/mol. The van der Waals surface area contributed by atoms with E-state index in [1.165, 1.54) is 11.8 Å². The van der Waals surface area contributed by atoms with Crippen LogP contribution in [0.5, 0.6) is 0 Å². The van der Waals surface area contributed by atoms with Crippen LogP contribution in [0.3, 0.4) is 0 Å². The molecule has 2 aromatic rings. The molecule has 6 heteroatoms. The van der Waals surface area contributed by atoms with Gasteiger partial charge in [0.05, 0.1) is 0 Å². The minimum Gasteiger partial charge on any atom is -0.311 e. The van der Waals surface area contributed by atoms with Gasteiger partial charge in [-0.3, -0.25) is 9.59 Å². The summed E-state index contributed by atoms with van der Waals surface area (Å²) in [7, 11) is 0. The summed E-state index contributed by atoms with van der Waals surface area (Å²) in [6.45, 7) is 3.71. The van der Waals surface area contributed by atoms with Crippen LogP contribution in [0, 0.1) is 0 Å². The molecule has 0 spiro atoms. The smallest absolute Gasteiger partial charge is 0.247 e. The summed E-state index contributed by atoms with van der Waals surface area (Å²) in [5.41, 5.74) is 1.29. The van der Waals surface area contributed by atoms with Crippen molar-refractivity contribution >= 4 is 46.4 Å². The molecule has 24 heavy (non-hydrogen) atoms. The maximum atomic E-state index is 12.7. The molecule has 0 saturated heterocycles. The van der Waals surface area contributed by atoms with Crippen LogP contribution >= 0.6 is 23.2 Å². The Kier molecular flexibility index (Phi) is 6.23. The van der Waals surface area contributed by atoms with Crippen molar-refractivity contribution in [3.8, 4) is 0 Å². The number of anilines is 2. The fourth-order valence-corrected chi connectivity index (χ4v) is 2.93. The summed E-state index contributed by atoms with van der Waals surface area (Å²) < 4.78 is 0. The van der Waals surface area contributed by atoms with Crippen LogP contribution in [0.25, 0.3) is 0 Å². The highest BCUT2D eigenvalue weighted by Gasteiger charge is 2.21. The second-order valence-corrected chi connectivity index (χ2v) is 6.08. The van der Waals surface area contributed by atoms with E-state index in [0.717, 1.165) is 5.69 Å².